The van der Waals surface area contributed by atoms with Crippen LogP contribution in [0.15, 0.2) is 27.2 Å². The van der Waals surface area contributed by atoms with E-state index < -0.39 is 0 Å². The third-order valence-electron chi connectivity index (χ3n) is 3.54. The predicted molar refractivity (Wildman–Crippen MR) is 79.1 cm³/mol. The van der Waals surface area contributed by atoms with Gasteiger partial charge in [-0.15, -0.1) is 12.4 Å². The molecule has 0 aliphatic heterocycles. The zero-order chi connectivity index (χ0) is 12.8. The number of nitrogens with zero attached hydrogens (tertiary/aromatic N) is 2. The van der Waals surface area contributed by atoms with Crippen LogP contribution in [0.3, 0.4) is 0 Å². The molecule has 0 unspecified atom stereocenters. The summed E-state index contributed by atoms with van der Waals surface area (Å²) in [6.07, 6.45) is 3.01. The second-order valence-corrected chi connectivity index (χ2v) is 5.81. The average Bonchev–Trinajstić information content (AvgIpc) is 2.75. The fourth-order valence-electron chi connectivity index (χ4n) is 2.18. The maximum absolute atomic E-state index is 6.19. The number of rotatable bonds is 2. The van der Waals surface area contributed by atoms with E-state index >= 15 is 0 Å². The number of hydrogen-bond donors (Lipinski definition) is 1. The van der Waals surface area contributed by atoms with Crippen LogP contribution in [0.25, 0.3) is 11.5 Å². The van der Waals surface area contributed by atoms with Gasteiger partial charge in [0.2, 0.25) is 0 Å². The quantitative estimate of drug-likeness (QED) is 0.904. The molecule has 0 spiro atoms. The zero-order valence-corrected chi connectivity index (χ0v) is 12.9. The molecule has 0 radical (unpaired) electrons. The minimum atomic E-state index is -0.370. The normalized spacial score (nSPS) is 16.6. The molecule has 0 saturated heterocycles. The lowest BCUT2D eigenvalue weighted by molar-refractivity contribution is 0.229. The SMILES string of the molecule is Cc1cc(Br)ccc1-c1nc(C2(N)CCC2)no1.Cl. The van der Waals surface area contributed by atoms with E-state index in [4.69, 9.17) is 10.3 Å². The van der Waals surface area contributed by atoms with E-state index in [1.165, 1.54) is 0 Å². The fourth-order valence-corrected chi connectivity index (χ4v) is 2.66. The average molecular weight is 345 g/mol. The summed E-state index contributed by atoms with van der Waals surface area (Å²) in [5.41, 5.74) is 7.87. The van der Waals surface area contributed by atoms with Crippen LogP contribution in [-0.2, 0) is 5.54 Å². The van der Waals surface area contributed by atoms with Crippen LogP contribution >= 0.6 is 28.3 Å². The molecule has 6 heteroatoms. The smallest absolute Gasteiger partial charge is 0.258 e. The van der Waals surface area contributed by atoms with Crippen molar-refractivity contribution in [3.63, 3.8) is 0 Å². The number of halogens is 2. The van der Waals surface area contributed by atoms with Crippen molar-refractivity contribution >= 4 is 28.3 Å². The van der Waals surface area contributed by atoms with Crippen LogP contribution in [0, 0.1) is 6.92 Å². The van der Waals surface area contributed by atoms with Gasteiger partial charge in [0, 0.05) is 10.0 Å². The van der Waals surface area contributed by atoms with Crippen molar-refractivity contribution in [2.75, 3.05) is 0 Å². The van der Waals surface area contributed by atoms with Crippen LogP contribution in [0.1, 0.15) is 30.7 Å². The van der Waals surface area contributed by atoms with Crippen molar-refractivity contribution in [2.24, 2.45) is 5.73 Å². The molecule has 4 nitrogen and oxygen atoms in total. The Morgan fingerprint density at radius 3 is 2.68 bits per heavy atom. The van der Waals surface area contributed by atoms with E-state index in [-0.39, 0.29) is 17.9 Å². The lowest BCUT2D eigenvalue weighted by atomic mass is 9.77. The van der Waals surface area contributed by atoms with Gasteiger partial charge in [-0.05, 0) is 49.9 Å². The molecule has 1 aromatic heterocycles. The summed E-state index contributed by atoms with van der Waals surface area (Å²) in [4.78, 5) is 4.45. The fraction of sp³-hybridized carbons (Fsp3) is 0.385. The summed E-state index contributed by atoms with van der Waals surface area (Å²) in [6.45, 7) is 2.02. The van der Waals surface area contributed by atoms with Crippen molar-refractivity contribution in [1.29, 1.82) is 0 Å². The highest BCUT2D eigenvalue weighted by atomic mass is 79.9. The highest BCUT2D eigenvalue weighted by Crippen LogP contribution is 2.38. The van der Waals surface area contributed by atoms with Crippen LogP contribution in [0.5, 0.6) is 0 Å². The van der Waals surface area contributed by atoms with E-state index in [1.807, 2.05) is 25.1 Å². The van der Waals surface area contributed by atoms with Gasteiger partial charge in [-0.2, -0.15) is 4.98 Å². The van der Waals surface area contributed by atoms with Gasteiger partial charge >= 0.3 is 0 Å². The molecule has 19 heavy (non-hydrogen) atoms. The first kappa shape index (κ1) is 14.5. The molecule has 0 atom stereocenters. The van der Waals surface area contributed by atoms with Crippen molar-refractivity contribution in [3.8, 4) is 11.5 Å². The van der Waals surface area contributed by atoms with Gasteiger partial charge in [-0.3, -0.25) is 0 Å². The Morgan fingerprint density at radius 2 is 2.11 bits per heavy atom. The summed E-state index contributed by atoms with van der Waals surface area (Å²) in [5.74, 6) is 1.18. The molecular formula is C13H15BrClN3O. The Hall–Kier alpha value is -0.910. The summed E-state index contributed by atoms with van der Waals surface area (Å²) in [6, 6.07) is 5.97. The Bertz CT molecular complexity index is 595. The maximum atomic E-state index is 6.19. The topological polar surface area (TPSA) is 64.9 Å². The van der Waals surface area contributed by atoms with E-state index in [0.717, 1.165) is 34.9 Å². The molecule has 0 bridgehead atoms. The molecule has 1 aliphatic rings. The minimum absolute atomic E-state index is 0. The molecular weight excluding hydrogens is 330 g/mol. The first-order chi connectivity index (χ1) is 8.58. The summed E-state index contributed by atoms with van der Waals surface area (Å²) in [7, 11) is 0. The molecule has 0 amide bonds. The molecule has 2 aromatic rings. The molecule has 1 saturated carbocycles. The molecule has 1 aromatic carbocycles. The van der Waals surface area contributed by atoms with Gasteiger partial charge in [-0.25, -0.2) is 0 Å². The standard InChI is InChI=1S/C13H14BrN3O.ClH/c1-8-7-9(14)3-4-10(8)11-16-12(17-18-11)13(15)5-2-6-13;/h3-4,7H,2,5-6,15H2,1H3;1H. The van der Waals surface area contributed by atoms with E-state index in [0.29, 0.717) is 11.7 Å². The van der Waals surface area contributed by atoms with Crippen molar-refractivity contribution in [3.05, 3.63) is 34.1 Å². The summed E-state index contributed by atoms with van der Waals surface area (Å²) in [5, 5.41) is 4.03. The number of nitrogens with two attached hydrogens (primary N) is 1. The highest BCUT2D eigenvalue weighted by molar-refractivity contribution is 9.10. The number of hydrogen-bond acceptors (Lipinski definition) is 4. The first-order valence-corrected chi connectivity index (χ1v) is 6.77. The Labute approximate surface area is 126 Å². The van der Waals surface area contributed by atoms with Gasteiger partial charge in [0.15, 0.2) is 5.82 Å². The van der Waals surface area contributed by atoms with Crippen LogP contribution in [-0.4, -0.2) is 10.1 Å². The Kier molecular flexibility index (Phi) is 3.99. The van der Waals surface area contributed by atoms with Gasteiger partial charge in [0.1, 0.15) is 0 Å². The maximum Gasteiger partial charge on any atom is 0.258 e. The third kappa shape index (κ3) is 2.55. The van der Waals surface area contributed by atoms with E-state index in [2.05, 4.69) is 26.1 Å². The van der Waals surface area contributed by atoms with Gasteiger partial charge in [0.25, 0.3) is 5.89 Å². The van der Waals surface area contributed by atoms with Crippen LogP contribution < -0.4 is 5.73 Å². The van der Waals surface area contributed by atoms with E-state index in [9.17, 15) is 0 Å². The Balaban J connectivity index is 0.00000133. The summed E-state index contributed by atoms with van der Waals surface area (Å²) >= 11 is 3.44. The molecule has 1 heterocycles. The largest absolute Gasteiger partial charge is 0.334 e. The number of benzene rings is 1. The second-order valence-electron chi connectivity index (χ2n) is 4.89. The van der Waals surface area contributed by atoms with Crippen LogP contribution in [0.2, 0.25) is 0 Å². The van der Waals surface area contributed by atoms with Crippen molar-refractivity contribution in [1.82, 2.24) is 10.1 Å². The van der Waals surface area contributed by atoms with Crippen molar-refractivity contribution < 1.29 is 4.52 Å². The van der Waals surface area contributed by atoms with Gasteiger partial charge < -0.3 is 10.3 Å². The predicted octanol–water partition coefficient (Wildman–Crippen LogP) is 3.57. The molecule has 2 N–H and O–H groups in total. The third-order valence-corrected chi connectivity index (χ3v) is 4.03. The van der Waals surface area contributed by atoms with E-state index in [1.54, 1.807) is 0 Å². The zero-order valence-electron chi connectivity index (χ0n) is 10.5. The highest BCUT2D eigenvalue weighted by Gasteiger charge is 2.39. The molecule has 1 fully saturated rings. The monoisotopic (exact) mass is 343 g/mol. The van der Waals surface area contributed by atoms with Gasteiger partial charge in [0.05, 0.1) is 5.54 Å². The second kappa shape index (κ2) is 5.23. The molecule has 1 aliphatic carbocycles. The molecule has 102 valence electrons. The Morgan fingerprint density at radius 1 is 1.37 bits per heavy atom. The van der Waals surface area contributed by atoms with Crippen molar-refractivity contribution in [2.45, 2.75) is 31.7 Å². The number of aryl methyl sites for hydroxylation is 1. The number of aromatic nitrogens is 2. The first-order valence-electron chi connectivity index (χ1n) is 5.98. The lowest BCUT2D eigenvalue weighted by Gasteiger charge is -2.34. The van der Waals surface area contributed by atoms with Crippen LogP contribution in [0.4, 0.5) is 0 Å². The molecule has 3 rings (SSSR count). The minimum Gasteiger partial charge on any atom is -0.334 e. The lowest BCUT2D eigenvalue weighted by Crippen LogP contribution is -2.44. The van der Waals surface area contributed by atoms with Gasteiger partial charge in [-0.1, -0.05) is 21.1 Å². The summed E-state index contributed by atoms with van der Waals surface area (Å²) < 4.78 is 6.38.